The average molecular weight is 487 g/mol. The molecule has 36 heavy (non-hydrogen) atoms. The molecule has 3 aromatic rings. The SMILES string of the molecule is NCc1ccc(C(=O)CNCCN2CCC(OC(=O)Nc3ccccc3-c3ccccc3)CC2)cc1. The molecule has 0 radical (unpaired) electrons. The van der Waals surface area contributed by atoms with Crippen LogP contribution in [0, 0.1) is 0 Å². The minimum Gasteiger partial charge on any atom is -0.446 e. The van der Waals surface area contributed by atoms with Crippen LogP contribution in [0.25, 0.3) is 11.1 Å². The first-order chi connectivity index (χ1) is 17.6. The highest BCUT2D eigenvalue weighted by Gasteiger charge is 2.22. The molecular formula is C29H34N4O3. The number of ketones is 1. The van der Waals surface area contributed by atoms with Crippen molar-refractivity contribution in [1.82, 2.24) is 10.2 Å². The van der Waals surface area contributed by atoms with Crippen molar-refractivity contribution in [3.63, 3.8) is 0 Å². The second-order valence-corrected chi connectivity index (χ2v) is 8.98. The van der Waals surface area contributed by atoms with Gasteiger partial charge in [0.15, 0.2) is 5.78 Å². The van der Waals surface area contributed by atoms with Crippen LogP contribution in [0.1, 0.15) is 28.8 Å². The Morgan fingerprint density at radius 2 is 1.61 bits per heavy atom. The lowest BCUT2D eigenvalue weighted by Crippen LogP contribution is -2.42. The lowest BCUT2D eigenvalue weighted by molar-refractivity contribution is 0.0593. The van der Waals surface area contributed by atoms with E-state index in [4.69, 9.17) is 10.5 Å². The van der Waals surface area contributed by atoms with E-state index in [1.807, 2.05) is 78.9 Å². The lowest BCUT2D eigenvalue weighted by Gasteiger charge is -2.31. The van der Waals surface area contributed by atoms with E-state index >= 15 is 0 Å². The topological polar surface area (TPSA) is 96.7 Å². The third kappa shape index (κ3) is 7.24. The minimum absolute atomic E-state index is 0.0746. The molecule has 188 valence electrons. The number of hydrogen-bond acceptors (Lipinski definition) is 6. The predicted octanol–water partition coefficient (Wildman–Crippen LogP) is 4.30. The van der Waals surface area contributed by atoms with Gasteiger partial charge in [0.05, 0.1) is 12.2 Å². The maximum absolute atomic E-state index is 12.6. The van der Waals surface area contributed by atoms with Crippen LogP contribution in [-0.2, 0) is 11.3 Å². The predicted molar refractivity (Wildman–Crippen MR) is 143 cm³/mol. The maximum Gasteiger partial charge on any atom is 0.411 e. The van der Waals surface area contributed by atoms with Crippen molar-refractivity contribution in [2.75, 3.05) is 38.0 Å². The molecule has 7 nitrogen and oxygen atoms in total. The Morgan fingerprint density at radius 1 is 0.917 bits per heavy atom. The molecule has 1 amide bonds. The number of carbonyl (C=O) groups excluding carboxylic acids is 2. The molecule has 4 N–H and O–H groups in total. The van der Waals surface area contributed by atoms with Gasteiger partial charge in [0.1, 0.15) is 6.10 Å². The summed E-state index contributed by atoms with van der Waals surface area (Å²) in [4.78, 5) is 27.2. The summed E-state index contributed by atoms with van der Waals surface area (Å²) in [6.07, 6.45) is 1.06. The molecule has 1 aliphatic rings. The van der Waals surface area contributed by atoms with E-state index in [1.54, 1.807) is 0 Å². The largest absolute Gasteiger partial charge is 0.446 e. The number of benzene rings is 3. The Balaban J connectivity index is 1.15. The van der Waals surface area contributed by atoms with Crippen LogP contribution >= 0.6 is 0 Å². The van der Waals surface area contributed by atoms with Gasteiger partial charge in [-0.25, -0.2) is 4.79 Å². The van der Waals surface area contributed by atoms with Gasteiger partial charge in [-0.3, -0.25) is 10.1 Å². The van der Waals surface area contributed by atoms with Crippen molar-refractivity contribution < 1.29 is 14.3 Å². The third-order valence-corrected chi connectivity index (χ3v) is 6.46. The number of carbonyl (C=O) groups is 2. The van der Waals surface area contributed by atoms with E-state index in [0.29, 0.717) is 18.7 Å². The molecule has 1 saturated heterocycles. The summed E-state index contributed by atoms with van der Waals surface area (Å²) in [7, 11) is 0. The van der Waals surface area contributed by atoms with Gasteiger partial charge in [0, 0.05) is 43.9 Å². The Hall–Kier alpha value is -3.52. The molecule has 0 saturated carbocycles. The van der Waals surface area contributed by atoms with Gasteiger partial charge in [-0.1, -0.05) is 72.8 Å². The maximum atomic E-state index is 12.6. The number of para-hydroxylation sites is 1. The second-order valence-electron chi connectivity index (χ2n) is 8.98. The van der Waals surface area contributed by atoms with Crippen molar-refractivity contribution in [2.24, 2.45) is 5.73 Å². The Bertz CT molecular complexity index is 1130. The molecule has 3 aromatic carbocycles. The minimum atomic E-state index is -0.420. The molecule has 0 atom stereocenters. The summed E-state index contributed by atoms with van der Waals surface area (Å²) >= 11 is 0. The number of nitrogens with one attached hydrogen (secondary N) is 2. The molecule has 1 fully saturated rings. The fraction of sp³-hybridized carbons (Fsp3) is 0.310. The second kappa shape index (κ2) is 13.0. The summed E-state index contributed by atoms with van der Waals surface area (Å²) in [5.74, 6) is 0.0746. The van der Waals surface area contributed by atoms with Crippen LogP contribution < -0.4 is 16.4 Å². The first-order valence-corrected chi connectivity index (χ1v) is 12.5. The smallest absolute Gasteiger partial charge is 0.411 e. The Kier molecular flexibility index (Phi) is 9.21. The molecule has 0 bridgehead atoms. The average Bonchev–Trinajstić information content (AvgIpc) is 2.92. The van der Waals surface area contributed by atoms with Crippen LogP contribution in [0.15, 0.2) is 78.9 Å². The van der Waals surface area contributed by atoms with E-state index in [-0.39, 0.29) is 11.9 Å². The molecule has 1 aliphatic heterocycles. The molecule has 0 aromatic heterocycles. The molecule has 0 aliphatic carbocycles. The van der Waals surface area contributed by atoms with Crippen molar-refractivity contribution in [2.45, 2.75) is 25.5 Å². The van der Waals surface area contributed by atoms with Crippen LogP contribution in [0.5, 0.6) is 0 Å². The number of likely N-dealkylation sites (tertiary alicyclic amines) is 1. The van der Waals surface area contributed by atoms with Gasteiger partial charge in [0.25, 0.3) is 0 Å². The summed E-state index contributed by atoms with van der Waals surface area (Å²) in [5, 5.41) is 6.15. The van der Waals surface area contributed by atoms with Gasteiger partial charge in [-0.15, -0.1) is 0 Å². The zero-order chi connectivity index (χ0) is 25.2. The van der Waals surface area contributed by atoms with Crippen molar-refractivity contribution in [3.05, 3.63) is 90.0 Å². The number of hydrogen-bond donors (Lipinski definition) is 3. The van der Waals surface area contributed by atoms with E-state index in [2.05, 4.69) is 15.5 Å². The molecule has 0 spiro atoms. The molecule has 0 unspecified atom stereocenters. The van der Waals surface area contributed by atoms with Gasteiger partial charge in [-0.05, 0) is 30.0 Å². The Labute approximate surface area is 212 Å². The highest BCUT2D eigenvalue weighted by atomic mass is 16.6. The third-order valence-electron chi connectivity index (χ3n) is 6.46. The number of anilines is 1. The number of rotatable bonds is 10. The normalized spacial score (nSPS) is 14.4. The van der Waals surface area contributed by atoms with Crippen molar-refractivity contribution >= 4 is 17.6 Å². The zero-order valence-corrected chi connectivity index (χ0v) is 20.5. The number of nitrogens with two attached hydrogens (primary N) is 1. The van der Waals surface area contributed by atoms with Crippen LogP contribution in [0.4, 0.5) is 10.5 Å². The summed E-state index contributed by atoms with van der Waals surface area (Å²) < 4.78 is 5.71. The first-order valence-electron chi connectivity index (χ1n) is 12.5. The number of piperidine rings is 1. The van der Waals surface area contributed by atoms with Gasteiger partial charge in [-0.2, -0.15) is 0 Å². The number of nitrogens with zero attached hydrogens (tertiary/aromatic N) is 1. The molecule has 1 heterocycles. The van der Waals surface area contributed by atoms with Crippen LogP contribution in [0.3, 0.4) is 0 Å². The highest BCUT2D eigenvalue weighted by Crippen LogP contribution is 2.28. The molecule has 4 rings (SSSR count). The monoisotopic (exact) mass is 486 g/mol. The quantitative estimate of drug-likeness (QED) is 0.292. The van der Waals surface area contributed by atoms with Crippen LogP contribution in [0.2, 0.25) is 0 Å². The standard InChI is InChI=1S/C29H34N4O3/c30-20-22-10-12-24(13-11-22)28(34)21-31-16-19-33-17-14-25(15-18-33)36-29(35)32-27-9-5-4-8-26(27)23-6-2-1-3-7-23/h1-13,25,31H,14-21,30H2,(H,32,35). The van der Waals surface area contributed by atoms with Crippen molar-refractivity contribution in [3.8, 4) is 11.1 Å². The van der Waals surface area contributed by atoms with Crippen LogP contribution in [-0.4, -0.2) is 55.6 Å². The molecule has 7 heteroatoms. The summed E-state index contributed by atoms with van der Waals surface area (Å²) in [6, 6.07) is 25.1. The fourth-order valence-electron chi connectivity index (χ4n) is 4.37. The van der Waals surface area contributed by atoms with Gasteiger partial charge >= 0.3 is 6.09 Å². The number of amides is 1. The van der Waals surface area contributed by atoms with Crippen molar-refractivity contribution in [1.29, 1.82) is 0 Å². The van der Waals surface area contributed by atoms with Gasteiger partial charge in [0.2, 0.25) is 0 Å². The number of Topliss-reactive ketones (excluding diaryl/α,β-unsaturated/α-hetero) is 1. The lowest BCUT2D eigenvalue weighted by atomic mass is 10.0. The van der Waals surface area contributed by atoms with E-state index in [1.165, 1.54) is 0 Å². The number of ether oxygens (including phenoxy) is 1. The molecular weight excluding hydrogens is 452 g/mol. The fourth-order valence-corrected chi connectivity index (χ4v) is 4.37. The first kappa shape index (κ1) is 25.6. The van der Waals surface area contributed by atoms with E-state index < -0.39 is 6.09 Å². The Morgan fingerprint density at radius 3 is 2.33 bits per heavy atom. The summed E-state index contributed by atoms with van der Waals surface area (Å²) in [6.45, 7) is 4.08. The highest BCUT2D eigenvalue weighted by molar-refractivity contribution is 5.97. The van der Waals surface area contributed by atoms with E-state index in [0.717, 1.165) is 61.4 Å². The summed E-state index contributed by atoms with van der Waals surface area (Å²) in [5.41, 5.74) is 10.1. The van der Waals surface area contributed by atoms with Gasteiger partial charge < -0.3 is 20.7 Å². The van der Waals surface area contributed by atoms with E-state index in [9.17, 15) is 9.59 Å². The zero-order valence-electron chi connectivity index (χ0n) is 20.5.